The van der Waals surface area contributed by atoms with Crippen LogP contribution in [0, 0.1) is 0 Å². The third-order valence-electron chi connectivity index (χ3n) is 5.64. The highest BCUT2D eigenvalue weighted by atomic mass is 35.5. The molecule has 33 heavy (non-hydrogen) atoms. The van der Waals surface area contributed by atoms with Crippen molar-refractivity contribution in [2.75, 3.05) is 20.8 Å². The minimum Gasteiger partial charge on any atom is -0.497 e. The molecule has 1 saturated heterocycles. The van der Waals surface area contributed by atoms with Crippen LogP contribution in [0.5, 0.6) is 11.5 Å². The Bertz CT molecular complexity index is 1150. The van der Waals surface area contributed by atoms with Gasteiger partial charge < -0.3 is 9.47 Å². The first-order valence-corrected chi connectivity index (χ1v) is 11.0. The molecule has 1 aliphatic heterocycles. The van der Waals surface area contributed by atoms with Crippen LogP contribution in [-0.4, -0.2) is 42.3 Å². The average Bonchev–Trinajstić information content (AvgIpc) is 3.13. The molecular formula is C26H26ClN3O3. The first-order chi connectivity index (χ1) is 16.0. The molecule has 1 amide bonds. The number of ether oxygens (including phenoxy) is 2. The number of carbonyl (C=O) groups excluding carboxylic acids is 1. The summed E-state index contributed by atoms with van der Waals surface area (Å²) >= 11 is 6.03. The number of amides is 1. The number of rotatable bonds is 7. The fraction of sp³-hybridized carbons (Fsp3) is 0.231. The largest absolute Gasteiger partial charge is 0.497 e. The fourth-order valence-electron chi connectivity index (χ4n) is 3.97. The molecule has 0 bridgehead atoms. The van der Waals surface area contributed by atoms with Crippen molar-refractivity contribution < 1.29 is 14.3 Å². The molecule has 0 unspecified atom stereocenters. The fourth-order valence-corrected chi connectivity index (χ4v) is 4.09. The number of hydrogen-bond donors (Lipinski definition) is 0. The Hall–Kier alpha value is -3.35. The van der Waals surface area contributed by atoms with E-state index in [0.29, 0.717) is 23.1 Å². The summed E-state index contributed by atoms with van der Waals surface area (Å²) in [6.07, 6.45) is -0.430. The van der Waals surface area contributed by atoms with Gasteiger partial charge in [0.05, 0.1) is 26.5 Å². The lowest BCUT2D eigenvalue weighted by Gasteiger charge is -2.29. The molecule has 1 atom stereocenters. The van der Waals surface area contributed by atoms with E-state index >= 15 is 0 Å². The smallest absolute Gasteiger partial charge is 0.258 e. The second-order valence-corrected chi connectivity index (χ2v) is 8.24. The summed E-state index contributed by atoms with van der Waals surface area (Å²) < 4.78 is 11.0. The van der Waals surface area contributed by atoms with Gasteiger partial charge in [0.25, 0.3) is 5.91 Å². The van der Waals surface area contributed by atoms with Crippen molar-refractivity contribution in [1.29, 1.82) is 0 Å². The number of hydrogen-bond acceptors (Lipinski definition) is 5. The van der Waals surface area contributed by atoms with Gasteiger partial charge in [-0.1, -0.05) is 54.1 Å². The molecule has 7 heteroatoms. The molecule has 0 saturated carbocycles. The topological polar surface area (TPSA) is 54.4 Å². The minimum absolute atomic E-state index is 0.0814. The van der Waals surface area contributed by atoms with Gasteiger partial charge >= 0.3 is 0 Å². The molecule has 170 valence electrons. The number of nitrogens with zero attached hydrogens (tertiary/aromatic N) is 3. The molecule has 1 heterocycles. The Morgan fingerprint density at radius 3 is 2.42 bits per heavy atom. The number of methoxy groups -OCH3 is 2. The molecule has 0 spiro atoms. The Labute approximate surface area is 199 Å². The van der Waals surface area contributed by atoms with Crippen molar-refractivity contribution >= 4 is 23.2 Å². The van der Waals surface area contributed by atoms with E-state index in [2.05, 4.69) is 17.0 Å². The first-order valence-electron chi connectivity index (χ1n) is 10.6. The lowest BCUT2D eigenvalue weighted by molar-refractivity contribution is -0.128. The second kappa shape index (κ2) is 10.1. The Balaban J connectivity index is 1.76. The maximum absolute atomic E-state index is 13.2. The highest BCUT2D eigenvalue weighted by Gasteiger charge is 2.41. The Morgan fingerprint density at radius 2 is 1.76 bits per heavy atom. The first kappa shape index (κ1) is 22.8. The van der Waals surface area contributed by atoms with Crippen LogP contribution in [0.2, 0.25) is 5.02 Å². The molecule has 6 nitrogen and oxygen atoms in total. The van der Waals surface area contributed by atoms with Crippen LogP contribution in [0.1, 0.15) is 29.8 Å². The number of carbonyl (C=O) groups is 1. The highest BCUT2D eigenvalue weighted by molar-refractivity contribution is 6.30. The van der Waals surface area contributed by atoms with Crippen molar-refractivity contribution in [3.8, 4) is 11.5 Å². The summed E-state index contributed by atoms with van der Waals surface area (Å²) in [5.74, 6) is 1.24. The van der Waals surface area contributed by atoms with Gasteiger partial charge in [0.15, 0.2) is 0 Å². The predicted octanol–water partition coefficient (Wildman–Crippen LogP) is 5.12. The molecule has 4 rings (SSSR count). The van der Waals surface area contributed by atoms with Crippen molar-refractivity contribution in [3.63, 3.8) is 0 Å². The zero-order valence-electron chi connectivity index (χ0n) is 18.9. The van der Waals surface area contributed by atoms with Gasteiger partial charge in [0.1, 0.15) is 17.7 Å². The van der Waals surface area contributed by atoms with Crippen LogP contribution < -0.4 is 9.47 Å². The zero-order valence-corrected chi connectivity index (χ0v) is 19.6. The van der Waals surface area contributed by atoms with E-state index in [1.807, 2.05) is 67.6 Å². The summed E-state index contributed by atoms with van der Waals surface area (Å²) in [7, 11) is 3.23. The number of benzene rings is 3. The van der Waals surface area contributed by atoms with Gasteiger partial charge in [-0.05, 0) is 42.3 Å². The van der Waals surface area contributed by atoms with Crippen molar-refractivity contribution in [3.05, 3.63) is 94.5 Å². The quantitative estimate of drug-likeness (QED) is 0.456. The van der Waals surface area contributed by atoms with Gasteiger partial charge in [0.2, 0.25) is 0 Å². The Morgan fingerprint density at radius 1 is 1.03 bits per heavy atom. The lowest BCUT2D eigenvalue weighted by atomic mass is 10.1. The molecule has 0 aliphatic carbocycles. The molecule has 1 fully saturated rings. The van der Waals surface area contributed by atoms with E-state index in [4.69, 9.17) is 26.2 Å². The van der Waals surface area contributed by atoms with Gasteiger partial charge in [-0.2, -0.15) is 5.10 Å². The Kier molecular flexibility index (Phi) is 6.96. The molecule has 1 aliphatic rings. The zero-order chi connectivity index (χ0) is 23.4. The summed E-state index contributed by atoms with van der Waals surface area (Å²) in [4.78, 5) is 15.3. The van der Waals surface area contributed by atoms with E-state index in [0.717, 1.165) is 22.4 Å². The summed E-state index contributed by atoms with van der Waals surface area (Å²) in [6.45, 7) is 2.73. The van der Waals surface area contributed by atoms with Crippen LogP contribution in [0.4, 0.5) is 0 Å². The van der Waals surface area contributed by atoms with E-state index in [9.17, 15) is 4.79 Å². The van der Waals surface area contributed by atoms with Crippen LogP contribution >= 0.6 is 11.6 Å². The SMILES string of the molecule is COc1ccc([C@@H]2N(Cc3ccccc3)CC(=O)N2/N=C(/C)c2ccc(Cl)cc2)c(OC)c1. The molecular weight excluding hydrogens is 438 g/mol. The van der Waals surface area contributed by atoms with Crippen LogP contribution in [0.15, 0.2) is 77.9 Å². The molecule has 3 aromatic rings. The third-order valence-corrected chi connectivity index (χ3v) is 5.89. The standard InChI is InChI=1S/C26H26ClN3O3/c1-18(20-9-11-21(27)12-10-20)28-30-25(31)17-29(16-19-7-5-4-6-8-19)26(30)23-14-13-22(32-2)15-24(23)33-3/h4-15,26H,16-17H2,1-3H3/b28-18-/t26-/m1/s1. The van der Waals surface area contributed by atoms with Crippen molar-refractivity contribution in [2.24, 2.45) is 5.10 Å². The average molecular weight is 464 g/mol. The second-order valence-electron chi connectivity index (χ2n) is 7.80. The lowest BCUT2D eigenvalue weighted by Crippen LogP contribution is -2.29. The van der Waals surface area contributed by atoms with Gasteiger partial charge in [-0.25, -0.2) is 5.01 Å². The normalized spacial score (nSPS) is 16.8. The van der Waals surface area contributed by atoms with Crippen LogP contribution in [0.3, 0.4) is 0 Å². The maximum atomic E-state index is 13.2. The molecule has 3 aromatic carbocycles. The number of halogens is 1. The minimum atomic E-state index is -0.430. The number of hydrazone groups is 1. The van der Waals surface area contributed by atoms with E-state index < -0.39 is 6.17 Å². The van der Waals surface area contributed by atoms with Gasteiger partial charge in [0, 0.05) is 23.2 Å². The van der Waals surface area contributed by atoms with Crippen LogP contribution in [0.25, 0.3) is 0 Å². The van der Waals surface area contributed by atoms with Gasteiger partial charge in [-0.15, -0.1) is 0 Å². The van der Waals surface area contributed by atoms with Crippen molar-refractivity contribution in [2.45, 2.75) is 19.6 Å². The van der Waals surface area contributed by atoms with Crippen LogP contribution in [-0.2, 0) is 11.3 Å². The van der Waals surface area contributed by atoms with E-state index in [-0.39, 0.29) is 12.5 Å². The maximum Gasteiger partial charge on any atom is 0.258 e. The monoisotopic (exact) mass is 463 g/mol. The third kappa shape index (κ3) is 5.02. The molecule has 0 N–H and O–H groups in total. The van der Waals surface area contributed by atoms with E-state index in [1.54, 1.807) is 19.2 Å². The van der Waals surface area contributed by atoms with E-state index in [1.165, 1.54) is 0 Å². The highest BCUT2D eigenvalue weighted by Crippen LogP contribution is 2.39. The summed E-state index contributed by atoms with van der Waals surface area (Å²) in [5.41, 5.74) is 3.57. The summed E-state index contributed by atoms with van der Waals surface area (Å²) in [6, 6.07) is 23.1. The van der Waals surface area contributed by atoms with Gasteiger partial charge in [-0.3, -0.25) is 9.69 Å². The molecule has 0 radical (unpaired) electrons. The summed E-state index contributed by atoms with van der Waals surface area (Å²) in [5, 5.41) is 6.96. The predicted molar refractivity (Wildman–Crippen MR) is 130 cm³/mol. The molecule has 0 aromatic heterocycles. The van der Waals surface area contributed by atoms with Crippen molar-refractivity contribution in [1.82, 2.24) is 9.91 Å².